The lowest BCUT2D eigenvalue weighted by atomic mass is 9.87. The molecule has 3 N–H and O–H groups in total. The van der Waals surface area contributed by atoms with E-state index in [1.54, 1.807) is 12.1 Å². The number of benzene rings is 3. The zero-order valence-electron chi connectivity index (χ0n) is 27.6. The van der Waals surface area contributed by atoms with Gasteiger partial charge in [-0.25, -0.2) is 14.2 Å². The summed E-state index contributed by atoms with van der Waals surface area (Å²) in [6.45, 7) is 11.8. The van der Waals surface area contributed by atoms with Gasteiger partial charge in [-0.05, 0) is 87.0 Å². The number of halogens is 1. The summed E-state index contributed by atoms with van der Waals surface area (Å²) in [5.41, 5.74) is 14.0. The molecule has 1 unspecified atom stereocenters. The number of primary amides is 1. The molecule has 6 rings (SSSR count). The maximum absolute atomic E-state index is 15.2. The summed E-state index contributed by atoms with van der Waals surface area (Å²) in [6.07, 6.45) is 1.54. The Morgan fingerprint density at radius 2 is 1.81 bits per heavy atom. The summed E-state index contributed by atoms with van der Waals surface area (Å²) < 4.78 is 26.6. The van der Waals surface area contributed by atoms with Crippen LogP contribution in [0.3, 0.4) is 0 Å². The molecule has 1 fully saturated rings. The molecule has 246 valence electrons. The predicted molar refractivity (Wildman–Crippen MR) is 182 cm³/mol. The van der Waals surface area contributed by atoms with Crippen LogP contribution in [0, 0.1) is 26.6 Å². The molecule has 1 amide bonds. The number of nitrogens with two attached hydrogens (primary N) is 1. The maximum Gasteiger partial charge on any atom is 0.411 e. The van der Waals surface area contributed by atoms with Crippen LogP contribution in [0.2, 0.25) is 0 Å². The summed E-state index contributed by atoms with van der Waals surface area (Å²) in [6, 6.07) is 17.1. The Hall–Kier alpha value is -4.54. The van der Waals surface area contributed by atoms with Crippen molar-refractivity contribution in [3.05, 3.63) is 93.8 Å². The maximum atomic E-state index is 15.2. The lowest BCUT2D eigenvalue weighted by molar-refractivity contribution is 0.145. The number of likely N-dealkylation sites (N-methyl/N-ethyl adjacent to an activating group) is 1. The van der Waals surface area contributed by atoms with Gasteiger partial charge in [0.15, 0.2) is 11.6 Å². The van der Waals surface area contributed by atoms with Crippen molar-refractivity contribution in [1.82, 2.24) is 19.8 Å². The van der Waals surface area contributed by atoms with Gasteiger partial charge in [0.2, 0.25) is 11.8 Å². The second kappa shape index (κ2) is 14.1. The molecule has 0 saturated carbocycles. The van der Waals surface area contributed by atoms with E-state index in [4.69, 9.17) is 20.2 Å². The van der Waals surface area contributed by atoms with E-state index in [0.717, 1.165) is 79.8 Å². The average Bonchev–Trinajstić information content (AvgIpc) is 3.47. The van der Waals surface area contributed by atoms with E-state index in [0.29, 0.717) is 23.6 Å². The first-order valence-corrected chi connectivity index (χ1v) is 16.3. The molecule has 0 spiro atoms. The molecule has 1 aliphatic carbocycles. The van der Waals surface area contributed by atoms with Crippen LogP contribution < -0.4 is 20.5 Å². The molecule has 1 atom stereocenters. The van der Waals surface area contributed by atoms with Crippen molar-refractivity contribution in [3.63, 3.8) is 0 Å². The summed E-state index contributed by atoms with van der Waals surface area (Å²) in [5.74, 6) is -0.160. The zero-order chi connectivity index (χ0) is 33.1. The number of ether oxygens (including phenoxy) is 2. The van der Waals surface area contributed by atoms with Crippen LogP contribution in [0.5, 0.6) is 11.6 Å². The van der Waals surface area contributed by atoms with Gasteiger partial charge in [0.25, 0.3) is 0 Å². The highest BCUT2D eigenvalue weighted by Crippen LogP contribution is 2.46. The topological polar surface area (TPSA) is 106 Å². The lowest BCUT2D eigenvalue weighted by Crippen LogP contribution is -2.44. The van der Waals surface area contributed by atoms with Gasteiger partial charge in [-0.2, -0.15) is 4.98 Å². The fourth-order valence-corrected chi connectivity index (χ4v) is 6.63. The second-order valence-corrected chi connectivity index (χ2v) is 12.6. The fraction of sp³-hybridized carbons (Fsp3) is 0.378. The Morgan fingerprint density at radius 3 is 2.57 bits per heavy atom. The fourth-order valence-electron chi connectivity index (χ4n) is 6.63. The quantitative estimate of drug-likeness (QED) is 0.190. The Labute approximate surface area is 275 Å². The van der Waals surface area contributed by atoms with Crippen LogP contribution in [0.25, 0.3) is 11.3 Å². The highest BCUT2D eigenvalue weighted by Gasteiger charge is 2.32. The van der Waals surface area contributed by atoms with Gasteiger partial charge >= 0.3 is 6.09 Å². The van der Waals surface area contributed by atoms with E-state index in [-0.39, 0.29) is 23.5 Å². The Morgan fingerprint density at radius 1 is 1.02 bits per heavy atom. The first kappa shape index (κ1) is 32.4. The molecule has 2 heterocycles. The third-order valence-corrected chi connectivity index (χ3v) is 9.56. The minimum absolute atomic E-state index is 0.0881. The van der Waals surface area contributed by atoms with Gasteiger partial charge in [-0.3, -0.25) is 0 Å². The number of rotatable bonds is 10. The number of carbonyl (C=O) groups is 1. The smallest absolute Gasteiger partial charge is 0.411 e. The summed E-state index contributed by atoms with van der Waals surface area (Å²) in [5, 5.41) is 3.13. The third-order valence-electron chi connectivity index (χ3n) is 9.56. The Bertz CT molecular complexity index is 1770. The number of hydrogen-bond donors (Lipinski definition) is 2. The van der Waals surface area contributed by atoms with Crippen LogP contribution >= 0.6 is 0 Å². The van der Waals surface area contributed by atoms with E-state index in [1.165, 1.54) is 11.6 Å². The van der Waals surface area contributed by atoms with E-state index >= 15 is 4.39 Å². The molecule has 1 aromatic heterocycles. The van der Waals surface area contributed by atoms with Gasteiger partial charge in [0.1, 0.15) is 0 Å². The van der Waals surface area contributed by atoms with Crippen molar-refractivity contribution in [3.8, 4) is 22.9 Å². The van der Waals surface area contributed by atoms with Gasteiger partial charge < -0.3 is 30.3 Å². The number of anilines is 2. The number of nitrogens with one attached hydrogen (secondary N) is 1. The standard InChI is InChI=1S/C37H43FN6O3/c1-23-10-13-28(25(3)24(23)2)34-33(30-14-11-26-8-5-6-9-29(26)30)35(47-36(39)45)42-37(41-34)40-27-12-15-32(31(38)22-27)46-21-7-16-44-19-17-43(4)18-20-44/h5-6,8-10,12-13,15,22,30H,7,11,14,16-21H2,1-4H3,(H2,39,45)(H,40,41,42). The molecule has 2 aliphatic rings. The van der Waals surface area contributed by atoms with E-state index in [2.05, 4.69) is 66.1 Å². The predicted octanol–water partition coefficient (Wildman–Crippen LogP) is 6.50. The number of aromatic nitrogens is 2. The SMILES string of the molecule is Cc1ccc(-c2nc(Nc3ccc(OCCCN4CCN(C)CC4)c(F)c3)nc(OC(N)=O)c2C2CCc3ccccc32)c(C)c1C. The molecule has 4 aromatic rings. The molecule has 9 nitrogen and oxygen atoms in total. The number of piperazine rings is 1. The number of hydrogen-bond acceptors (Lipinski definition) is 8. The Balaban J connectivity index is 1.30. The molecule has 0 bridgehead atoms. The number of carbonyl (C=O) groups excluding carboxylic acids is 1. The molecule has 10 heteroatoms. The molecule has 3 aromatic carbocycles. The number of amides is 1. The molecule has 1 aliphatic heterocycles. The van der Waals surface area contributed by atoms with Crippen LogP contribution in [0.4, 0.5) is 20.8 Å². The lowest BCUT2D eigenvalue weighted by Gasteiger charge is -2.32. The van der Waals surface area contributed by atoms with Gasteiger partial charge in [0.05, 0.1) is 12.3 Å². The minimum Gasteiger partial charge on any atom is -0.490 e. The first-order valence-electron chi connectivity index (χ1n) is 16.3. The highest BCUT2D eigenvalue weighted by atomic mass is 19.1. The second-order valence-electron chi connectivity index (χ2n) is 12.6. The normalized spacial score (nSPS) is 16.6. The largest absolute Gasteiger partial charge is 0.490 e. The highest BCUT2D eigenvalue weighted by molar-refractivity contribution is 5.76. The van der Waals surface area contributed by atoms with Gasteiger partial charge in [0, 0.05) is 61.5 Å². The molecule has 47 heavy (non-hydrogen) atoms. The van der Waals surface area contributed by atoms with Crippen LogP contribution in [-0.4, -0.2) is 72.2 Å². The first-order chi connectivity index (χ1) is 22.7. The molecule has 1 saturated heterocycles. The summed E-state index contributed by atoms with van der Waals surface area (Å²) in [4.78, 5) is 26.6. The van der Waals surface area contributed by atoms with E-state index in [1.807, 2.05) is 18.2 Å². The van der Waals surface area contributed by atoms with Crippen molar-refractivity contribution in [2.45, 2.75) is 46.0 Å². The molecule has 0 radical (unpaired) electrons. The van der Waals surface area contributed by atoms with Gasteiger partial charge in [-0.15, -0.1) is 0 Å². The monoisotopic (exact) mass is 638 g/mol. The summed E-state index contributed by atoms with van der Waals surface area (Å²) in [7, 11) is 2.14. The third kappa shape index (κ3) is 7.24. The Kier molecular flexibility index (Phi) is 9.70. The minimum atomic E-state index is -0.967. The van der Waals surface area contributed by atoms with Gasteiger partial charge in [-0.1, -0.05) is 36.4 Å². The van der Waals surface area contributed by atoms with Crippen molar-refractivity contribution in [2.24, 2.45) is 5.73 Å². The van der Waals surface area contributed by atoms with Crippen molar-refractivity contribution in [2.75, 3.05) is 51.7 Å². The molecular formula is C37H43FN6O3. The van der Waals surface area contributed by atoms with Crippen molar-refractivity contribution in [1.29, 1.82) is 0 Å². The van der Waals surface area contributed by atoms with E-state index < -0.39 is 11.9 Å². The van der Waals surface area contributed by atoms with Crippen molar-refractivity contribution < 1.29 is 18.7 Å². The van der Waals surface area contributed by atoms with Crippen LogP contribution in [0.1, 0.15) is 52.1 Å². The number of nitrogens with zero attached hydrogens (tertiary/aromatic N) is 4. The average molecular weight is 639 g/mol. The van der Waals surface area contributed by atoms with Crippen molar-refractivity contribution >= 4 is 17.7 Å². The summed E-state index contributed by atoms with van der Waals surface area (Å²) >= 11 is 0. The zero-order valence-corrected chi connectivity index (χ0v) is 27.6. The van der Waals surface area contributed by atoms with Crippen LogP contribution in [0.15, 0.2) is 54.6 Å². The molecular weight excluding hydrogens is 595 g/mol. The number of fused-ring (bicyclic) bond motifs is 1. The van der Waals surface area contributed by atoms with Crippen LogP contribution in [-0.2, 0) is 6.42 Å². The van der Waals surface area contributed by atoms with E-state index in [9.17, 15) is 4.79 Å². The number of aryl methyl sites for hydroxylation is 2.